The Bertz CT molecular complexity index is 295. The zero-order valence-corrected chi connectivity index (χ0v) is 10.6. The number of aromatic nitrogens is 1. The van der Waals surface area contributed by atoms with Gasteiger partial charge < -0.3 is 5.73 Å². The van der Waals surface area contributed by atoms with E-state index in [4.69, 9.17) is 5.73 Å². The first-order valence-corrected chi connectivity index (χ1v) is 6.58. The summed E-state index contributed by atoms with van der Waals surface area (Å²) in [5, 5.41) is 0. The van der Waals surface area contributed by atoms with Crippen LogP contribution in [0.15, 0.2) is 37.2 Å². The second kappa shape index (κ2) is 8.94. The fourth-order valence-electron chi connectivity index (χ4n) is 1.91. The van der Waals surface area contributed by atoms with Crippen LogP contribution in [-0.4, -0.2) is 11.0 Å². The number of rotatable bonds is 9. The largest absolute Gasteiger partial charge is 0.328 e. The van der Waals surface area contributed by atoms with Gasteiger partial charge in [-0.25, -0.2) is 0 Å². The van der Waals surface area contributed by atoms with E-state index < -0.39 is 0 Å². The van der Waals surface area contributed by atoms with Crippen molar-refractivity contribution < 1.29 is 0 Å². The molecule has 0 bridgehead atoms. The summed E-state index contributed by atoms with van der Waals surface area (Å²) in [4.78, 5) is 4.11. The molecule has 1 heterocycles. The molecule has 0 aromatic carbocycles. The quantitative estimate of drug-likeness (QED) is 0.523. The number of nitrogens with two attached hydrogens (primary N) is 1. The lowest BCUT2D eigenvalue weighted by molar-refractivity contribution is 0.524. The highest BCUT2D eigenvalue weighted by atomic mass is 14.6. The van der Waals surface area contributed by atoms with Crippen LogP contribution in [0.3, 0.4) is 0 Å². The van der Waals surface area contributed by atoms with Crippen LogP contribution >= 0.6 is 0 Å². The lowest BCUT2D eigenvalue weighted by Gasteiger charge is -2.10. The number of allylic oxidation sites excluding steroid dienone is 1. The van der Waals surface area contributed by atoms with Crippen LogP contribution in [0.5, 0.6) is 0 Å². The number of unbranched alkanes of at least 4 members (excludes halogenated alkanes) is 3. The molecule has 0 saturated carbocycles. The number of aryl methyl sites for hydroxylation is 1. The van der Waals surface area contributed by atoms with Gasteiger partial charge in [-0.3, -0.25) is 4.98 Å². The predicted molar refractivity (Wildman–Crippen MR) is 73.8 cm³/mol. The fraction of sp³-hybridized carbons (Fsp3) is 0.533. The SMILES string of the molecule is C=CCCCCCC(N)CCc1cccnc1. The summed E-state index contributed by atoms with van der Waals surface area (Å²) in [6.45, 7) is 3.73. The van der Waals surface area contributed by atoms with Gasteiger partial charge in [-0.15, -0.1) is 6.58 Å². The minimum atomic E-state index is 0.332. The average molecular weight is 232 g/mol. The summed E-state index contributed by atoms with van der Waals surface area (Å²) in [5.41, 5.74) is 7.38. The molecule has 1 atom stereocenters. The summed E-state index contributed by atoms with van der Waals surface area (Å²) in [5.74, 6) is 0. The Hall–Kier alpha value is -1.15. The Morgan fingerprint density at radius 2 is 2.18 bits per heavy atom. The first-order chi connectivity index (χ1) is 8.33. The zero-order valence-electron chi connectivity index (χ0n) is 10.6. The van der Waals surface area contributed by atoms with Gasteiger partial charge in [-0.1, -0.05) is 25.0 Å². The molecule has 0 aliphatic carbocycles. The molecule has 94 valence electrons. The molecule has 1 unspecified atom stereocenters. The minimum Gasteiger partial charge on any atom is -0.328 e. The van der Waals surface area contributed by atoms with E-state index in [2.05, 4.69) is 17.6 Å². The summed E-state index contributed by atoms with van der Waals surface area (Å²) in [6, 6.07) is 4.43. The molecule has 1 rings (SSSR count). The molecule has 1 aromatic rings. The van der Waals surface area contributed by atoms with Gasteiger partial charge in [0, 0.05) is 18.4 Å². The Morgan fingerprint density at radius 3 is 2.88 bits per heavy atom. The second-order valence-corrected chi connectivity index (χ2v) is 4.59. The molecule has 0 radical (unpaired) electrons. The first-order valence-electron chi connectivity index (χ1n) is 6.58. The molecular weight excluding hydrogens is 208 g/mol. The van der Waals surface area contributed by atoms with Crippen molar-refractivity contribution >= 4 is 0 Å². The van der Waals surface area contributed by atoms with Gasteiger partial charge in [0.2, 0.25) is 0 Å². The zero-order chi connectivity index (χ0) is 12.3. The maximum Gasteiger partial charge on any atom is 0.0299 e. The molecule has 0 aliphatic rings. The molecule has 0 fully saturated rings. The molecule has 0 spiro atoms. The number of hydrogen-bond acceptors (Lipinski definition) is 2. The number of nitrogens with zero attached hydrogens (tertiary/aromatic N) is 1. The van der Waals surface area contributed by atoms with Crippen molar-refractivity contribution in [2.45, 2.75) is 51.0 Å². The third-order valence-corrected chi connectivity index (χ3v) is 3.01. The van der Waals surface area contributed by atoms with Crippen molar-refractivity contribution in [1.29, 1.82) is 0 Å². The molecule has 0 saturated heterocycles. The number of pyridine rings is 1. The maximum absolute atomic E-state index is 6.10. The summed E-state index contributed by atoms with van der Waals surface area (Å²) < 4.78 is 0. The highest BCUT2D eigenvalue weighted by Crippen LogP contribution is 2.09. The van der Waals surface area contributed by atoms with Crippen LogP contribution in [-0.2, 0) is 6.42 Å². The highest BCUT2D eigenvalue weighted by Gasteiger charge is 2.02. The van der Waals surface area contributed by atoms with Crippen LogP contribution in [0.1, 0.15) is 44.1 Å². The number of hydrogen-bond donors (Lipinski definition) is 1. The van der Waals surface area contributed by atoms with Gasteiger partial charge in [-0.05, 0) is 43.7 Å². The maximum atomic E-state index is 6.10. The standard InChI is InChI=1S/C15H24N2/c1-2-3-4-5-6-9-15(16)11-10-14-8-7-12-17-13-14/h2,7-8,12-13,15H,1,3-6,9-11,16H2. The van der Waals surface area contributed by atoms with Crippen LogP contribution < -0.4 is 5.73 Å². The first kappa shape index (κ1) is 13.9. The summed E-state index contributed by atoms with van der Waals surface area (Å²) in [7, 11) is 0. The molecule has 2 nitrogen and oxygen atoms in total. The summed E-state index contributed by atoms with van der Waals surface area (Å²) in [6.07, 6.45) is 13.9. The predicted octanol–water partition coefficient (Wildman–Crippen LogP) is 3.48. The van der Waals surface area contributed by atoms with Crippen molar-refractivity contribution in [3.8, 4) is 0 Å². The molecule has 17 heavy (non-hydrogen) atoms. The van der Waals surface area contributed by atoms with Crippen molar-refractivity contribution in [1.82, 2.24) is 4.98 Å². The average Bonchev–Trinajstić information content (AvgIpc) is 2.37. The molecule has 1 aromatic heterocycles. The van der Waals surface area contributed by atoms with Gasteiger partial charge in [0.15, 0.2) is 0 Å². The molecule has 2 heteroatoms. The van der Waals surface area contributed by atoms with E-state index in [1.165, 1.54) is 24.8 Å². The Balaban J connectivity index is 2.05. The van der Waals surface area contributed by atoms with E-state index in [-0.39, 0.29) is 0 Å². The second-order valence-electron chi connectivity index (χ2n) is 4.59. The third kappa shape index (κ3) is 6.90. The van der Waals surface area contributed by atoms with E-state index in [1.807, 2.05) is 24.5 Å². The van der Waals surface area contributed by atoms with E-state index >= 15 is 0 Å². The normalized spacial score (nSPS) is 12.3. The topological polar surface area (TPSA) is 38.9 Å². The third-order valence-electron chi connectivity index (χ3n) is 3.01. The Labute approximate surface area is 105 Å². The van der Waals surface area contributed by atoms with Crippen molar-refractivity contribution in [3.63, 3.8) is 0 Å². The molecule has 2 N–H and O–H groups in total. The molecule has 0 aliphatic heterocycles. The van der Waals surface area contributed by atoms with Crippen molar-refractivity contribution in [2.75, 3.05) is 0 Å². The highest BCUT2D eigenvalue weighted by molar-refractivity contribution is 5.08. The van der Waals surface area contributed by atoms with Gasteiger partial charge in [0.1, 0.15) is 0 Å². The monoisotopic (exact) mass is 232 g/mol. The molecular formula is C15H24N2. The lowest BCUT2D eigenvalue weighted by atomic mass is 10.0. The fourth-order valence-corrected chi connectivity index (χ4v) is 1.91. The Morgan fingerprint density at radius 1 is 1.29 bits per heavy atom. The summed E-state index contributed by atoms with van der Waals surface area (Å²) >= 11 is 0. The van der Waals surface area contributed by atoms with Gasteiger partial charge in [-0.2, -0.15) is 0 Å². The van der Waals surface area contributed by atoms with Crippen LogP contribution in [0.25, 0.3) is 0 Å². The Kier molecular flexibility index (Phi) is 7.32. The van der Waals surface area contributed by atoms with Crippen molar-refractivity contribution in [3.05, 3.63) is 42.7 Å². The van der Waals surface area contributed by atoms with Gasteiger partial charge >= 0.3 is 0 Å². The van der Waals surface area contributed by atoms with E-state index in [1.54, 1.807) is 0 Å². The van der Waals surface area contributed by atoms with Crippen molar-refractivity contribution in [2.24, 2.45) is 5.73 Å². The van der Waals surface area contributed by atoms with Gasteiger partial charge in [0.25, 0.3) is 0 Å². The van der Waals surface area contributed by atoms with E-state index in [9.17, 15) is 0 Å². The molecule has 0 amide bonds. The van der Waals surface area contributed by atoms with E-state index in [0.29, 0.717) is 6.04 Å². The van der Waals surface area contributed by atoms with Crippen LogP contribution in [0.2, 0.25) is 0 Å². The van der Waals surface area contributed by atoms with Crippen LogP contribution in [0, 0.1) is 0 Å². The minimum absolute atomic E-state index is 0.332. The lowest BCUT2D eigenvalue weighted by Crippen LogP contribution is -2.20. The smallest absolute Gasteiger partial charge is 0.0299 e. The van der Waals surface area contributed by atoms with Crippen LogP contribution in [0.4, 0.5) is 0 Å². The van der Waals surface area contributed by atoms with E-state index in [0.717, 1.165) is 25.7 Å². The van der Waals surface area contributed by atoms with Gasteiger partial charge in [0.05, 0.1) is 0 Å².